The van der Waals surface area contributed by atoms with E-state index in [1.165, 1.54) is 32.1 Å². The molecule has 5 atom stereocenters. The Bertz CT molecular complexity index is 392. The van der Waals surface area contributed by atoms with Gasteiger partial charge in [0.15, 0.2) is 0 Å². The summed E-state index contributed by atoms with van der Waals surface area (Å²) in [5, 5.41) is 10.4. The maximum atomic E-state index is 10.4. The second-order valence-electron chi connectivity index (χ2n) is 9.29. The molecule has 0 aromatic heterocycles. The highest BCUT2D eigenvalue weighted by molar-refractivity contribution is 5.09. The predicted octanol–water partition coefficient (Wildman–Crippen LogP) is 3.31. The van der Waals surface area contributed by atoms with Crippen LogP contribution in [0.3, 0.4) is 0 Å². The number of piperidine rings is 1. The van der Waals surface area contributed by atoms with Crippen LogP contribution >= 0.6 is 0 Å². The molecule has 1 heterocycles. The van der Waals surface area contributed by atoms with Crippen molar-refractivity contribution in [3.8, 4) is 0 Å². The smallest absolute Gasteiger partial charge is 0.0900 e. The number of rotatable bonds is 5. The van der Waals surface area contributed by atoms with Crippen LogP contribution in [0.25, 0.3) is 0 Å². The summed E-state index contributed by atoms with van der Waals surface area (Å²) in [7, 11) is 0. The van der Waals surface area contributed by atoms with Crippen LogP contribution < -0.4 is 0 Å². The van der Waals surface area contributed by atoms with Crippen molar-refractivity contribution in [2.45, 2.75) is 72.0 Å². The Labute approximate surface area is 136 Å². The monoisotopic (exact) mass is 309 g/mol. The highest BCUT2D eigenvalue weighted by Gasteiger charge is 2.60. The van der Waals surface area contributed by atoms with Crippen molar-refractivity contribution in [2.24, 2.45) is 22.7 Å². The zero-order valence-corrected chi connectivity index (χ0v) is 15.0. The third-order valence-electron chi connectivity index (χ3n) is 6.80. The fourth-order valence-corrected chi connectivity index (χ4v) is 5.68. The van der Waals surface area contributed by atoms with E-state index in [-0.39, 0.29) is 11.5 Å². The first-order valence-electron chi connectivity index (χ1n) is 9.33. The van der Waals surface area contributed by atoms with Crippen molar-refractivity contribution in [2.75, 3.05) is 26.2 Å². The Morgan fingerprint density at radius 3 is 2.68 bits per heavy atom. The number of hydrogen-bond acceptors (Lipinski definition) is 3. The minimum Gasteiger partial charge on any atom is -0.389 e. The zero-order chi connectivity index (χ0) is 16.0. The molecular formula is C19H35NO2. The van der Waals surface area contributed by atoms with Gasteiger partial charge in [0.1, 0.15) is 0 Å². The number of aliphatic hydroxyl groups excluding tert-OH is 1. The molecule has 3 rings (SSSR count). The van der Waals surface area contributed by atoms with E-state index in [1.54, 1.807) is 0 Å². The second kappa shape index (κ2) is 6.07. The van der Waals surface area contributed by atoms with Gasteiger partial charge in [-0.3, -0.25) is 0 Å². The number of fused-ring (bicyclic) bond motifs is 2. The SMILES string of the molecule is C[C@@H]1CCCN(C[C@@H](O)CO[C@H]2C(C)(C)[C@H]3CC[C@@]2(C)C3)C1. The summed E-state index contributed by atoms with van der Waals surface area (Å²) in [5.41, 5.74) is 0.611. The van der Waals surface area contributed by atoms with Gasteiger partial charge < -0.3 is 14.7 Å². The summed E-state index contributed by atoms with van der Waals surface area (Å²) in [5.74, 6) is 1.58. The third kappa shape index (κ3) is 3.09. The standard InChI is InChI=1S/C19H35NO2/c1-14-6-5-9-20(11-14)12-16(21)13-22-17-18(2,3)15-7-8-19(17,4)10-15/h14-17,21H,5-13H2,1-4H3/t14-,15+,16-,17+,19+/m1/s1. The van der Waals surface area contributed by atoms with Crippen molar-refractivity contribution in [3.63, 3.8) is 0 Å². The van der Waals surface area contributed by atoms with Gasteiger partial charge in [-0.05, 0) is 61.3 Å². The molecule has 1 aliphatic heterocycles. The Morgan fingerprint density at radius 2 is 2.05 bits per heavy atom. The summed E-state index contributed by atoms with van der Waals surface area (Å²) >= 11 is 0. The molecule has 22 heavy (non-hydrogen) atoms. The molecule has 3 nitrogen and oxygen atoms in total. The molecule has 3 heteroatoms. The fraction of sp³-hybridized carbons (Fsp3) is 1.00. The topological polar surface area (TPSA) is 32.7 Å². The zero-order valence-electron chi connectivity index (χ0n) is 15.0. The fourth-order valence-electron chi connectivity index (χ4n) is 5.68. The first-order chi connectivity index (χ1) is 10.3. The molecular weight excluding hydrogens is 274 g/mol. The van der Waals surface area contributed by atoms with Gasteiger partial charge in [0.2, 0.25) is 0 Å². The molecule has 2 aliphatic carbocycles. The summed E-state index contributed by atoms with van der Waals surface area (Å²) in [6.07, 6.45) is 6.54. The number of hydrogen-bond donors (Lipinski definition) is 1. The molecule has 3 fully saturated rings. The average Bonchev–Trinajstić information content (AvgIpc) is 2.89. The molecule has 1 saturated heterocycles. The lowest BCUT2D eigenvalue weighted by Gasteiger charge is -2.43. The van der Waals surface area contributed by atoms with Crippen LogP contribution in [-0.2, 0) is 4.74 Å². The van der Waals surface area contributed by atoms with Crippen molar-refractivity contribution in [1.82, 2.24) is 4.90 Å². The maximum absolute atomic E-state index is 10.4. The Morgan fingerprint density at radius 1 is 1.27 bits per heavy atom. The van der Waals surface area contributed by atoms with Crippen molar-refractivity contribution in [3.05, 3.63) is 0 Å². The predicted molar refractivity (Wildman–Crippen MR) is 89.8 cm³/mol. The number of β-amino-alcohol motifs (C(OH)–C–C–N with tert-alkyl or cyclic N) is 1. The minimum absolute atomic E-state index is 0.270. The number of likely N-dealkylation sites (tertiary alicyclic amines) is 1. The lowest BCUT2D eigenvalue weighted by molar-refractivity contribution is -0.114. The summed E-state index contributed by atoms with van der Waals surface area (Å²) in [6.45, 7) is 13.0. The lowest BCUT2D eigenvalue weighted by atomic mass is 9.70. The molecule has 0 amide bonds. The highest BCUT2D eigenvalue weighted by atomic mass is 16.5. The van der Waals surface area contributed by atoms with Gasteiger partial charge in [-0.15, -0.1) is 0 Å². The van der Waals surface area contributed by atoms with E-state index in [1.807, 2.05) is 0 Å². The van der Waals surface area contributed by atoms with Crippen LogP contribution in [0.4, 0.5) is 0 Å². The number of nitrogens with zero attached hydrogens (tertiary/aromatic N) is 1. The average molecular weight is 309 g/mol. The van der Waals surface area contributed by atoms with Crippen LogP contribution in [0.15, 0.2) is 0 Å². The van der Waals surface area contributed by atoms with E-state index >= 15 is 0 Å². The maximum Gasteiger partial charge on any atom is 0.0900 e. The van der Waals surface area contributed by atoms with Gasteiger partial charge in [-0.1, -0.05) is 27.7 Å². The van der Waals surface area contributed by atoms with Crippen molar-refractivity contribution < 1.29 is 9.84 Å². The van der Waals surface area contributed by atoms with Crippen molar-refractivity contribution >= 4 is 0 Å². The van der Waals surface area contributed by atoms with Gasteiger partial charge in [-0.2, -0.15) is 0 Å². The van der Waals surface area contributed by atoms with Gasteiger partial charge >= 0.3 is 0 Å². The normalized spacial score (nSPS) is 42.7. The minimum atomic E-state index is -0.344. The van der Waals surface area contributed by atoms with Gasteiger partial charge in [-0.25, -0.2) is 0 Å². The first-order valence-corrected chi connectivity index (χ1v) is 9.33. The van der Waals surface area contributed by atoms with Crippen LogP contribution in [-0.4, -0.2) is 48.5 Å². The molecule has 3 aliphatic rings. The molecule has 0 aromatic carbocycles. The second-order valence-corrected chi connectivity index (χ2v) is 9.29. The first kappa shape index (κ1) is 16.7. The summed E-state index contributed by atoms with van der Waals surface area (Å²) in [6, 6.07) is 0. The van der Waals surface area contributed by atoms with E-state index in [0.29, 0.717) is 18.1 Å². The largest absolute Gasteiger partial charge is 0.389 e. The molecule has 0 spiro atoms. The van der Waals surface area contributed by atoms with E-state index in [9.17, 15) is 5.11 Å². The quantitative estimate of drug-likeness (QED) is 0.846. The number of aliphatic hydroxyl groups is 1. The summed E-state index contributed by atoms with van der Waals surface area (Å²) in [4.78, 5) is 2.41. The Hall–Kier alpha value is -0.120. The Kier molecular flexibility index (Phi) is 4.61. The van der Waals surface area contributed by atoms with Crippen LogP contribution in [0.1, 0.15) is 59.8 Å². The molecule has 128 valence electrons. The van der Waals surface area contributed by atoms with E-state index < -0.39 is 0 Å². The van der Waals surface area contributed by atoms with Gasteiger partial charge in [0.25, 0.3) is 0 Å². The third-order valence-corrected chi connectivity index (χ3v) is 6.80. The highest BCUT2D eigenvalue weighted by Crippen LogP contribution is 2.63. The molecule has 2 bridgehead atoms. The molecule has 0 unspecified atom stereocenters. The van der Waals surface area contributed by atoms with E-state index in [0.717, 1.165) is 31.5 Å². The van der Waals surface area contributed by atoms with E-state index in [2.05, 4.69) is 32.6 Å². The van der Waals surface area contributed by atoms with Crippen molar-refractivity contribution in [1.29, 1.82) is 0 Å². The molecule has 0 radical (unpaired) electrons. The van der Waals surface area contributed by atoms with Gasteiger partial charge in [0, 0.05) is 13.1 Å². The number of ether oxygens (including phenoxy) is 1. The molecule has 0 aromatic rings. The molecule has 2 saturated carbocycles. The van der Waals surface area contributed by atoms with Crippen LogP contribution in [0, 0.1) is 22.7 Å². The van der Waals surface area contributed by atoms with Crippen LogP contribution in [0.5, 0.6) is 0 Å². The Balaban J connectivity index is 1.49. The summed E-state index contributed by atoms with van der Waals surface area (Å²) < 4.78 is 6.31. The van der Waals surface area contributed by atoms with Crippen LogP contribution in [0.2, 0.25) is 0 Å². The van der Waals surface area contributed by atoms with Gasteiger partial charge in [0.05, 0.1) is 18.8 Å². The van der Waals surface area contributed by atoms with E-state index in [4.69, 9.17) is 4.74 Å². The molecule has 1 N–H and O–H groups in total. The lowest BCUT2D eigenvalue weighted by Crippen LogP contribution is -2.45.